The second-order valence-electron chi connectivity index (χ2n) is 7.20. The molecule has 0 aromatic rings. The number of rotatable bonds is 3. The summed E-state index contributed by atoms with van der Waals surface area (Å²) < 4.78 is 5.30. The number of hydrogen-bond donors (Lipinski definition) is 2. The van der Waals surface area contributed by atoms with Crippen molar-refractivity contribution in [3.05, 3.63) is 0 Å². The first-order chi connectivity index (χ1) is 8.67. The lowest BCUT2D eigenvalue weighted by Gasteiger charge is -2.36. The van der Waals surface area contributed by atoms with Crippen LogP contribution in [-0.4, -0.2) is 30.3 Å². The molecule has 0 aromatic heterocycles. The number of alkyl carbamates (subject to hydrolysis) is 1. The zero-order valence-electron chi connectivity index (χ0n) is 13.2. The number of amides is 1. The molecule has 0 aromatic carbocycles. The Morgan fingerprint density at radius 2 is 2.05 bits per heavy atom. The van der Waals surface area contributed by atoms with Crippen LogP contribution >= 0.6 is 0 Å². The van der Waals surface area contributed by atoms with Gasteiger partial charge < -0.3 is 15.4 Å². The standard InChI is InChI=1S/C15H30N2O2/c1-10(2)7-12-8-11(3)13(9-16-12)17-14(18)19-15(4,5)6/h10-13,16H,7-9H2,1-6H3,(H,17,18). The van der Waals surface area contributed by atoms with E-state index in [-0.39, 0.29) is 12.1 Å². The fraction of sp³-hybridized carbons (Fsp3) is 0.933. The molecule has 112 valence electrons. The molecule has 2 N–H and O–H groups in total. The van der Waals surface area contributed by atoms with E-state index in [0.29, 0.717) is 17.9 Å². The fourth-order valence-corrected chi connectivity index (χ4v) is 2.59. The molecule has 1 rings (SSSR count). The molecular weight excluding hydrogens is 240 g/mol. The Labute approximate surface area is 117 Å². The van der Waals surface area contributed by atoms with Crippen LogP contribution in [0.5, 0.6) is 0 Å². The molecule has 0 spiro atoms. The van der Waals surface area contributed by atoms with E-state index in [2.05, 4.69) is 31.4 Å². The third-order valence-electron chi connectivity index (χ3n) is 3.43. The summed E-state index contributed by atoms with van der Waals surface area (Å²) in [6.07, 6.45) is 2.00. The topological polar surface area (TPSA) is 50.4 Å². The third kappa shape index (κ3) is 6.28. The van der Waals surface area contributed by atoms with E-state index < -0.39 is 5.60 Å². The quantitative estimate of drug-likeness (QED) is 0.829. The van der Waals surface area contributed by atoms with Crippen molar-refractivity contribution in [1.29, 1.82) is 0 Å². The van der Waals surface area contributed by atoms with E-state index in [1.54, 1.807) is 0 Å². The van der Waals surface area contributed by atoms with Gasteiger partial charge in [-0.15, -0.1) is 0 Å². The van der Waals surface area contributed by atoms with Crippen LogP contribution < -0.4 is 10.6 Å². The van der Waals surface area contributed by atoms with Crippen LogP contribution in [0.2, 0.25) is 0 Å². The van der Waals surface area contributed by atoms with E-state index in [0.717, 1.165) is 13.0 Å². The van der Waals surface area contributed by atoms with Crippen molar-refractivity contribution < 1.29 is 9.53 Å². The number of carbonyl (C=O) groups is 1. The number of piperidine rings is 1. The highest BCUT2D eigenvalue weighted by Gasteiger charge is 2.29. The highest BCUT2D eigenvalue weighted by molar-refractivity contribution is 5.68. The molecule has 1 saturated heterocycles. The predicted octanol–water partition coefficient (Wildman–Crippen LogP) is 2.92. The van der Waals surface area contributed by atoms with Crippen LogP contribution in [-0.2, 0) is 4.74 Å². The van der Waals surface area contributed by atoms with Gasteiger partial charge in [-0.05, 0) is 45.4 Å². The molecule has 4 heteroatoms. The van der Waals surface area contributed by atoms with Crippen molar-refractivity contribution in [2.45, 2.75) is 72.1 Å². The molecule has 1 aliphatic heterocycles. The number of nitrogens with one attached hydrogen (secondary N) is 2. The third-order valence-corrected chi connectivity index (χ3v) is 3.43. The molecule has 1 aliphatic rings. The summed E-state index contributed by atoms with van der Waals surface area (Å²) in [6.45, 7) is 13.2. The lowest BCUT2D eigenvalue weighted by molar-refractivity contribution is 0.0469. The summed E-state index contributed by atoms with van der Waals surface area (Å²) in [5.41, 5.74) is -0.435. The van der Waals surface area contributed by atoms with Gasteiger partial charge in [-0.25, -0.2) is 4.79 Å². The number of ether oxygens (including phenoxy) is 1. The summed E-state index contributed by atoms with van der Waals surface area (Å²) in [4.78, 5) is 11.8. The fourth-order valence-electron chi connectivity index (χ4n) is 2.59. The van der Waals surface area contributed by atoms with Crippen molar-refractivity contribution in [2.24, 2.45) is 11.8 Å². The molecule has 19 heavy (non-hydrogen) atoms. The minimum absolute atomic E-state index is 0.165. The van der Waals surface area contributed by atoms with E-state index >= 15 is 0 Å². The molecule has 0 radical (unpaired) electrons. The highest BCUT2D eigenvalue weighted by Crippen LogP contribution is 2.21. The van der Waals surface area contributed by atoms with Gasteiger partial charge >= 0.3 is 6.09 Å². The summed E-state index contributed by atoms with van der Waals surface area (Å²) in [6, 6.07) is 0.741. The van der Waals surface area contributed by atoms with Gasteiger partial charge in [0.05, 0.1) is 0 Å². The van der Waals surface area contributed by atoms with Gasteiger partial charge in [0.25, 0.3) is 0 Å². The molecular formula is C15H30N2O2. The van der Waals surface area contributed by atoms with Crippen molar-refractivity contribution in [1.82, 2.24) is 10.6 Å². The van der Waals surface area contributed by atoms with E-state index in [1.807, 2.05) is 20.8 Å². The predicted molar refractivity (Wildman–Crippen MR) is 78.2 cm³/mol. The minimum Gasteiger partial charge on any atom is -0.444 e. The first-order valence-corrected chi connectivity index (χ1v) is 7.40. The molecule has 1 heterocycles. The van der Waals surface area contributed by atoms with E-state index in [4.69, 9.17) is 4.74 Å². The largest absolute Gasteiger partial charge is 0.444 e. The molecule has 3 atom stereocenters. The monoisotopic (exact) mass is 270 g/mol. The Morgan fingerprint density at radius 3 is 2.53 bits per heavy atom. The number of carbonyl (C=O) groups excluding carboxylic acids is 1. The van der Waals surface area contributed by atoms with Gasteiger partial charge in [-0.1, -0.05) is 20.8 Å². The lowest BCUT2D eigenvalue weighted by Crippen LogP contribution is -2.54. The van der Waals surface area contributed by atoms with Crippen LogP contribution in [0.25, 0.3) is 0 Å². The summed E-state index contributed by atoms with van der Waals surface area (Å²) in [5.74, 6) is 1.19. The molecule has 1 fully saturated rings. The maximum atomic E-state index is 11.8. The van der Waals surface area contributed by atoms with E-state index in [9.17, 15) is 4.79 Å². The molecule has 4 nitrogen and oxygen atoms in total. The van der Waals surface area contributed by atoms with Crippen LogP contribution in [0.15, 0.2) is 0 Å². The van der Waals surface area contributed by atoms with Crippen LogP contribution in [0.3, 0.4) is 0 Å². The smallest absolute Gasteiger partial charge is 0.407 e. The Bertz CT molecular complexity index is 297. The first-order valence-electron chi connectivity index (χ1n) is 7.40. The maximum absolute atomic E-state index is 11.8. The van der Waals surface area contributed by atoms with Crippen molar-refractivity contribution in [2.75, 3.05) is 6.54 Å². The van der Waals surface area contributed by atoms with Crippen molar-refractivity contribution in [3.8, 4) is 0 Å². The SMILES string of the molecule is CC(C)CC1CC(C)C(NC(=O)OC(C)(C)C)CN1. The summed E-state index contributed by atoms with van der Waals surface area (Å²) >= 11 is 0. The molecule has 0 bridgehead atoms. The van der Waals surface area contributed by atoms with Crippen LogP contribution in [0, 0.1) is 11.8 Å². The van der Waals surface area contributed by atoms with Gasteiger partial charge in [0.15, 0.2) is 0 Å². The van der Waals surface area contributed by atoms with Crippen LogP contribution in [0.1, 0.15) is 54.4 Å². The van der Waals surface area contributed by atoms with Gasteiger partial charge in [0, 0.05) is 18.6 Å². The highest BCUT2D eigenvalue weighted by atomic mass is 16.6. The Hall–Kier alpha value is -0.770. The van der Waals surface area contributed by atoms with Crippen molar-refractivity contribution >= 4 is 6.09 Å². The molecule has 0 saturated carbocycles. The lowest BCUT2D eigenvalue weighted by atomic mass is 9.86. The van der Waals surface area contributed by atoms with Gasteiger partial charge in [-0.2, -0.15) is 0 Å². The van der Waals surface area contributed by atoms with Gasteiger partial charge in [0.2, 0.25) is 0 Å². The summed E-state index contributed by atoms with van der Waals surface area (Å²) in [5, 5.41) is 6.50. The Balaban J connectivity index is 2.39. The molecule has 1 amide bonds. The second-order valence-corrected chi connectivity index (χ2v) is 7.20. The van der Waals surface area contributed by atoms with E-state index in [1.165, 1.54) is 6.42 Å². The summed E-state index contributed by atoms with van der Waals surface area (Å²) in [7, 11) is 0. The Kier molecular flexibility index (Phi) is 5.65. The van der Waals surface area contributed by atoms with Gasteiger partial charge in [-0.3, -0.25) is 0 Å². The van der Waals surface area contributed by atoms with Crippen LogP contribution in [0.4, 0.5) is 4.79 Å². The second kappa shape index (κ2) is 6.60. The molecule has 0 aliphatic carbocycles. The minimum atomic E-state index is -0.435. The first kappa shape index (κ1) is 16.3. The zero-order valence-corrected chi connectivity index (χ0v) is 13.2. The van der Waals surface area contributed by atoms with Crippen molar-refractivity contribution in [3.63, 3.8) is 0 Å². The average Bonchev–Trinajstić information content (AvgIpc) is 2.18. The maximum Gasteiger partial charge on any atom is 0.407 e. The Morgan fingerprint density at radius 1 is 1.42 bits per heavy atom. The molecule has 3 unspecified atom stereocenters. The average molecular weight is 270 g/mol. The number of hydrogen-bond acceptors (Lipinski definition) is 3. The zero-order chi connectivity index (χ0) is 14.6. The normalized spacial score (nSPS) is 28.3. The van der Waals surface area contributed by atoms with Gasteiger partial charge in [0.1, 0.15) is 5.60 Å².